The maximum Gasteiger partial charge on any atom is 0.136 e. The highest BCUT2D eigenvalue weighted by Crippen LogP contribution is 2.50. The zero-order valence-corrected chi connectivity index (χ0v) is 45.3. The van der Waals surface area contributed by atoms with Crippen LogP contribution in [-0.4, -0.2) is 9.13 Å². The lowest BCUT2D eigenvalue weighted by molar-refractivity contribution is 0.660. The Morgan fingerprint density at radius 2 is 0.850 bits per heavy atom. The summed E-state index contributed by atoms with van der Waals surface area (Å²) in [5, 5.41) is 12.5. The molecule has 1 aliphatic carbocycles. The van der Waals surface area contributed by atoms with E-state index in [9.17, 15) is 0 Å². The van der Waals surface area contributed by atoms with Gasteiger partial charge in [0.2, 0.25) is 0 Å². The van der Waals surface area contributed by atoms with Gasteiger partial charge >= 0.3 is 0 Å². The first kappa shape index (κ1) is 44.5. The summed E-state index contributed by atoms with van der Waals surface area (Å²) in [5.41, 5.74) is 21.4. The van der Waals surface area contributed by atoms with Crippen molar-refractivity contribution in [3.8, 4) is 55.9 Å². The maximum atomic E-state index is 6.77. The highest BCUT2D eigenvalue weighted by atomic mass is 32.1. The van der Waals surface area contributed by atoms with E-state index in [0.717, 1.165) is 50.0 Å². The third-order valence-electron chi connectivity index (χ3n) is 17.7. The van der Waals surface area contributed by atoms with Crippen LogP contribution in [0.15, 0.2) is 247 Å². The Kier molecular flexibility index (Phi) is 9.05. The van der Waals surface area contributed by atoms with E-state index < -0.39 is 0 Å². The van der Waals surface area contributed by atoms with Crippen molar-refractivity contribution in [1.82, 2.24) is 9.13 Å². The second-order valence-corrected chi connectivity index (χ2v) is 24.5. The van der Waals surface area contributed by atoms with Crippen LogP contribution >= 0.6 is 22.7 Å². The monoisotopic (exact) mass is 1050 g/mol. The quantitative estimate of drug-likeness (QED) is 0.168. The summed E-state index contributed by atoms with van der Waals surface area (Å²) in [6.45, 7) is 4.69. The van der Waals surface area contributed by atoms with Crippen molar-refractivity contribution in [2.75, 3.05) is 0 Å². The molecule has 1 aliphatic rings. The molecular formula is C75H46N2OS2. The van der Waals surface area contributed by atoms with Crippen molar-refractivity contribution in [1.29, 1.82) is 0 Å². The smallest absolute Gasteiger partial charge is 0.136 e. The standard InChI is InChI=1S/C75H46N2OS2/c1-75(2)62-17-7-3-12-51(62)56-36-45(27-34-63(56)75)43-24-31-49(32-25-43)77-65-19-11-16-50(74(65)61-42-73-60(40-67(61)77)55-15-6-10-21-71(55)80-73)47-26-33-53-58-37-46(28-35-68(58)78-69(53)38-47)44-22-29-48(30-23-44)76-64-18-8-4-13-52(64)57-41-72-59(39-66(57)76)54-14-5-9-20-70(54)79-72/h3-42H,1-2H3. The van der Waals surface area contributed by atoms with Gasteiger partial charge in [-0.05, 0) is 159 Å². The van der Waals surface area contributed by atoms with E-state index in [0.29, 0.717) is 0 Å². The molecule has 5 aromatic heterocycles. The van der Waals surface area contributed by atoms with Crippen LogP contribution in [-0.2, 0) is 5.41 Å². The fourth-order valence-corrected chi connectivity index (χ4v) is 16.2. The third-order valence-corrected chi connectivity index (χ3v) is 20.0. The van der Waals surface area contributed by atoms with E-state index in [1.807, 2.05) is 22.7 Å². The fourth-order valence-electron chi connectivity index (χ4n) is 13.9. The molecule has 0 spiro atoms. The van der Waals surface area contributed by atoms with Gasteiger partial charge in [-0.1, -0.05) is 153 Å². The van der Waals surface area contributed by atoms with E-state index >= 15 is 0 Å². The van der Waals surface area contributed by atoms with Crippen molar-refractivity contribution < 1.29 is 4.42 Å². The molecule has 0 bridgehead atoms. The Hall–Kier alpha value is -9.52. The molecule has 0 atom stereocenters. The van der Waals surface area contributed by atoms with Crippen LogP contribution in [0.25, 0.3) is 162 Å². The van der Waals surface area contributed by atoms with Gasteiger partial charge in [-0.15, -0.1) is 22.7 Å². The number of nitrogens with zero attached hydrogens (tertiary/aromatic N) is 2. The fraction of sp³-hybridized carbons (Fsp3) is 0.0400. The van der Waals surface area contributed by atoms with E-state index in [-0.39, 0.29) is 5.41 Å². The lowest BCUT2D eigenvalue weighted by Crippen LogP contribution is -2.14. The van der Waals surface area contributed by atoms with Gasteiger partial charge in [0.1, 0.15) is 11.2 Å². The number of benzene rings is 12. The average molecular weight is 1060 g/mol. The summed E-state index contributed by atoms with van der Waals surface area (Å²) >= 11 is 3.75. The van der Waals surface area contributed by atoms with E-state index in [2.05, 4.69) is 266 Å². The second kappa shape index (κ2) is 16.3. The highest BCUT2D eigenvalue weighted by Gasteiger charge is 2.35. The van der Waals surface area contributed by atoms with Crippen LogP contribution in [0.4, 0.5) is 0 Å². The number of hydrogen-bond donors (Lipinski definition) is 0. The molecule has 80 heavy (non-hydrogen) atoms. The number of aromatic nitrogens is 2. The molecule has 0 saturated heterocycles. The zero-order valence-electron chi connectivity index (χ0n) is 43.7. The van der Waals surface area contributed by atoms with Crippen LogP contribution in [0.5, 0.6) is 0 Å². The number of para-hydroxylation sites is 1. The molecule has 0 unspecified atom stereocenters. The van der Waals surface area contributed by atoms with E-state index in [1.54, 1.807) is 0 Å². The van der Waals surface area contributed by atoms with E-state index in [1.165, 1.54) is 123 Å². The predicted octanol–water partition coefficient (Wildman–Crippen LogP) is 21.8. The van der Waals surface area contributed by atoms with Gasteiger partial charge < -0.3 is 13.6 Å². The molecule has 0 aliphatic heterocycles. The Morgan fingerprint density at radius 3 is 1.59 bits per heavy atom. The molecule has 5 heteroatoms. The van der Waals surface area contributed by atoms with Gasteiger partial charge in [-0.2, -0.15) is 0 Å². The Bertz CT molecular complexity index is 5500. The van der Waals surface area contributed by atoms with Crippen molar-refractivity contribution in [2.24, 2.45) is 0 Å². The van der Waals surface area contributed by atoms with Gasteiger partial charge in [0.15, 0.2) is 0 Å². The molecule has 374 valence electrons. The molecule has 0 N–H and O–H groups in total. The molecule has 3 nitrogen and oxygen atoms in total. The number of fused-ring (bicyclic) bond motifs is 18. The first-order valence-electron chi connectivity index (χ1n) is 27.5. The van der Waals surface area contributed by atoms with Crippen LogP contribution in [0.2, 0.25) is 0 Å². The van der Waals surface area contributed by atoms with E-state index in [4.69, 9.17) is 4.42 Å². The topological polar surface area (TPSA) is 23.0 Å². The molecule has 17 aromatic rings. The summed E-state index contributed by atoms with van der Waals surface area (Å²) in [6, 6.07) is 90.5. The number of rotatable bonds is 5. The van der Waals surface area contributed by atoms with Gasteiger partial charge in [-0.3, -0.25) is 0 Å². The third kappa shape index (κ3) is 6.24. The van der Waals surface area contributed by atoms with Crippen LogP contribution in [0.3, 0.4) is 0 Å². The average Bonchev–Trinajstić information content (AvgIpc) is 4.45. The summed E-state index contributed by atoms with van der Waals surface area (Å²) in [4.78, 5) is 0. The normalized spacial score (nSPS) is 13.2. The van der Waals surface area contributed by atoms with Crippen LogP contribution in [0.1, 0.15) is 25.0 Å². The number of furan rings is 1. The first-order valence-corrected chi connectivity index (χ1v) is 29.2. The van der Waals surface area contributed by atoms with Crippen molar-refractivity contribution in [3.63, 3.8) is 0 Å². The Balaban J connectivity index is 0.731. The molecule has 5 heterocycles. The SMILES string of the molecule is CC1(C)c2ccccc2-c2cc(-c3ccc(-n4c5cc6c(cc5c5c(-c7ccc8c(c7)oc7ccc(-c9ccc(-n%10c%11ccccc%11c%11cc%12sc%13ccccc%13c%12cc%11%10)cc9)cc78)cccc54)sc4ccccc46)cc3)ccc21. The molecule has 0 amide bonds. The molecular weight excluding hydrogens is 1010 g/mol. The Labute approximate surface area is 468 Å². The van der Waals surface area contributed by atoms with Gasteiger partial charge in [0.05, 0.1) is 22.1 Å². The lowest BCUT2D eigenvalue weighted by Gasteiger charge is -2.21. The number of thiophene rings is 2. The minimum Gasteiger partial charge on any atom is -0.456 e. The van der Waals surface area contributed by atoms with Crippen molar-refractivity contribution in [3.05, 3.63) is 254 Å². The van der Waals surface area contributed by atoms with Gasteiger partial charge in [0.25, 0.3) is 0 Å². The first-order chi connectivity index (χ1) is 39.4. The predicted molar refractivity (Wildman–Crippen MR) is 342 cm³/mol. The number of hydrogen-bond acceptors (Lipinski definition) is 3. The summed E-state index contributed by atoms with van der Waals surface area (Å²) in [6.07, 6.45) is 0. The molecule has 18 rings (SSSR count). The molecule has 12 aromatic carbocycles. The molecule has 0 radical (unpaired) electrons. The Morgan fingerprint density at radius 1 is 0.300 bits per heavy atom. The maximum absolute atomic E-state index is 6.77. The highest BCUT2D eigenvalue weighted by molar-refractivity contribution is 7.26. The largest absolute Gasteiger partial charge is 0.456 e. The van der Waals surface area contributed by atoms with Crippen LogP contribution < -0.4 is 0 Å². The van der Waals surface area contributed by atoms with Crippen molar-refractivity contribution in [2.45, 2.75) is 19.3 Å². The van der Waals surface area contributed by atoms with Gasteiger partial charge in [0, 0.05) is 89.5 Å². The van der Waals surface area contributed by atoms with Crippen LogP contribution in [0, 0.1) is 0 Å². The van der Waals surface area contributed by atoms with Crippen molar-refractivity contribution >= 4 is 129 Å². The summed E-state index contributed by atoms with van der Waals surface area (Å²) in [7, 11) is 0. The minimum absolute atomic E-state index is 0.0212. The molecule has 0 saturated carbocycles. The second-order valence-electron chi connectivity index (χ2n) is 22.4. The van der Waals surface area contributed by atoms with Gasteiger partial charge in [-0.25, -0.2) is 0 Å². The lowest BCUT2D eigenvalue weighted by atomic mass is 9.82. The zero-order chi connectivity index (χ0) is 52.5. The minimum atomic E-state index is -0.0212. The molecule has 0 fully saturated rings. The summed E-state index contributed by atoms with van der Waals surface area (Å²) in [5.74, 6) is 0. The summed E-state index contributed by atoms with van der Waals surface area (Å²) < 4.78 is 16.9.